The van der Waals surface area contributed by atoms with Gasteiger partial charge in [-0.2, -0.15) is 8.42 Å². The van der Waals surface area contributed by atoms with Crippen LogP contribution in [0.5, 0.6) is 0 Å². The van der Waals surface area contributed by atoms with Gasteiger partial charge in [-0.05, 0) is 5.92 Å². The van der Waals surface area contributed by atoms with Crippen LogP contribution in [0.15, 0.2) is 0 Å². The van der Waals surface area contributed by atoms with Crippen molar-refractivity contribution in [1.82, 2.24) is 0 Å². The molecule has 0 spiro atoms. The third kappa shape index (κ3) is 3.71. The van der Waals surface area contributed by atoms with E-state index in [0.29, 0.717) is 0 Å². The fraction of sp³-hybridized carbons (Fsp3) is 0.667. The normalized spacial score (nSPS) is 15.9. The Bertz CT molecular complexity index is 330. The maximum atomic E-state index is 10.6. The number of carboxylic acids is 2. The van der Waals surface area contributed by atoms with Crippen molar-refractivity contribution in [2.24, 2.45) is 5.92 Å². The minimum absolute atomic E-state index is 0.642. The molecule has 2 atom stereocenters. The summed E-state index contributed by atoms with van der Waals surface area (Å²) in [7, 11) is -4.77. The monoisotopic (exact) mass is 226 g/mol. The first-order chi connectivity index (χ1) is 6.16. The molecule has 0 bridgehead atoms. The van der Waals surface area contributed by atoms with E-state index in [1.54, 1.807) is 0 Å². The van der Waals surface area contributed by atoms with Crippen molar-refractivity contribution in [3.05, 3.63) is 0 Å². The molecule has 0 aromatic heterocycles. The molecule has 8 heteroatoms. The summed E-state index contributed by atoms with van der Waals surface area (Å²) in [5.41, 5.74) is 0. The Labute approximate surface area is 80.1 Å². The molecule has 0 radical (unpaired) electrons. The highest BCUT2D eigenvalue weighted by molar-refractivity contribution is 7.87. The molecule has 0 aliphatic carbocycles. The molecule has 0 fully saturated rings. The van der Waals surface area contributed by atoms with Gasteiger partial charge >= 0.3 is 11.9 Å². The van der Waals surface area contributed by atoms with Crippen molar-refractivity contribution >= 4 is 22.1 Å². The van der Waals surface area contributed by atoms with E-state index in [0.717, 1.165) is 6.92 Å². The van der Waals surface area contributed by atoms with Crippen molar-refractivity contribution in [3.8, 4) is 0 Å². The van der Waals surface area contributed by atoms with Crippen LogP contribution >= 0.6 is 0 Å². The third-order valence-corrected chi connectivity index (χ3v) is 2.89. The highest BCUT2D eigenvalue weighted by atomic mass is 32.2. The van der Waals surface area contributed by atoms with E-state index in [-0.39, 0.29) is 0 Å². The summed E-state index contributed by atoms with van der Waals surface area (Å²) in [5.74, 6) is -4.28. The fourth-order valence-corrected chi connectivity index (χ4v) is 1.99. The average molecular weight is 226 g/mol. The van der Waals surface area contributed by atoms with Gasteiger partial charge in [-0.25, -0.2) is 0 Å². The van der Waals surface area contributed by atoms with Gasteiger partial charge in [0.2, 0.25) is 0 Å². The second-order valence-electron chi connectivity index (χ2n) is 2.85. The number of hydrogen-bond acceptors (Lipinski definition) is 4. The van der Waals surface area contributed by atoms with Crippen LogP contribution in [0.4, 0.5) is 0 Å². The van der Waals surface area contributed by atoms with E-state index in [2.05, 4.69) is 0 Å². The highest BCUT2D eigenvalue weighted by Crippen LogP contribution is 2.15. The standard InChI is InChI=1S/C6H10O7S/c1-3(2-4(7)8)5(6(9)10)14(11,12)13/h3,5H,2H2,1H3,(H,7,8)(H,9,10)(H,11,12,13). The topological polar surface area (TPSA) is 129 Å². The maximum Gasteiger partial charge on any atom is 0.324 e. The minimum atomic E-state index is -4.77. The second kappa shape index (κ2) is 4.38. The van der Waals surface area contributed by atoms with Gasteiger partial charge in [-0.1, -0.05) is 6.92 Å². The SMILES string of the molecule is CC(CC(=O)O)C(C(=O)O)S(=O)(=O)O. The van der Waals surface area contributed by atoms with Crippen molar-refractivity contribution in [2.45, 2.75) is 18.6 Å². The first kappa shape index (κ1) is 12.8. The van der Waals surface area contributed by atoms with Crippen molar-refractivity contribution in [3.63, 3.8) is 0 Å². The lowest BCUT2D eigenvalue weighted by molar-refractivity contribution is -0.139. The minimum Gasteiger partial charge on any atom is -0.481 e. The summed E-state index contributed by atoms with van der Waals surface area (Å²) in [6, 6.07) is 0. The maximum absolute atomic E-state index is 10.6. The summed E-state index contributed by atoms with van der Waals surface area (Å²) in [6.45, 7) is 1.13. The first-order valence-corrected chi connectivity index (χ1v) is 5.07. The molecule has 0 aromatic carbocycles. The van der Waals surface area contributed by atoms with Gasteiger partial charge < -0.3 is 10.2 Å². The zero-order chi connectivity index (χ0) is 11.5. The molecule has 3 N–H and O–H groups in total. The van der Waals surface area contributed by atoms with Crippen LogP contribution in [0.3, 0.4) is 0 Å². The van der Waals surface area contributed by atoms with Gasteiger partial charge in [0, 0.05) is 6.42 Å². The van der Waals surface area contributed by atoms with Crippen molar-refractivity contribution < 1.29 is 32.8 Å². The Morgan fingerprint density at radius 2 is 1.71 bits per heavy atom. The van der Waals surface area contributed by atoms with E-state index < -0.39 is 39.6 Å². The highest BCUT2D eigenvalue weighted by Gasteiger charge is 2.37. The lowest BCUT2D eigenvalue weighted by Crippen LogP contribution is -2.36. The number of hydrogen-bond donors (Lipinski definition) is 3. The molecule has 0 heterocycles. The van der Waals surface area contributed by atoms with Crippen LogP contribution in [-0.2, 0) is 19.7 Å². The second-order valence-corrected chi connectivity index (χ2v) is 4.39. The van der Waals surface area contributed by atoms with Gasteiger partial charge in [0.1, 0.15) is 0 Å². The molecule has 0 amide bonds. The smallest absolute Gasteiger partial charge is 0.324 e. The van der Waals surface area contributed by atoms with Crippen molar-refractivity contribution in [2.75, 3.05) is 0 Å². The van der Waals surface area contributed by atoms with Gasteiger partial charge in [0.15, 0.2) is 5.25 Å². The molecule has 0 aliphatic rings. The van der Waals surface area contributed by atoms with Gasteiger partial charge in [-0.15, -0.1) is 0 Å². The predicted octanol–water partition coefficient (Wildman–Crippen LogP) is -0.562. The molecule has 7 nitrogen and oxygen atoms in total. The lowest BCUT2D eigenvalue weighted by atomic mass is 10.0. The largest absolute Gasteiger partial charge is 0.481 e. The summed E-state index contributed by atoms with van der Waals surface area (Å²) < 4.78 is 29.7. The van der Waals surface area contributed by atoms with Crippen LogP contribution in [0.25, 0.3) is 0 Å². The van der Waals surface area contributed by atoms with Crippen LogP contribution in [0, 0.1) is 5.92 Å². The zero-order valence-corrected chi connectivity index (χ0v) is 8.06. The summed E-state index contributed by atoms with van der Waals surface area (Å²) in [4.78, 5) is 20.6. The number of carbonyl (C=O) groups is 2. The molecule has 0 aliphatic heterocycles. The Balaban J connectivity index is 4.86. The van der Waals surface area contributed by atoms with Crippen LogP contribution < -0.4 is 0 Å². The van der Waals surface area contributed by atoms with E-state index in [9.17, 15) is 18.0 Å². The Morgan fingerprint density at radius 3 is 1.93 bits per heavy atom. The van der Waals surface area contributed by atoms with Crippen molar-refractivity contribution in [1.29, 1.82) is 0 Å². The molecule has 2 unspecified atom stereocenters. The van der Waals surface area contributed by atoms with E-state index in [1.807, 2.05) is 0 Å². The Kier molecular flexibility index (Phi) is 4.02. The van der Waals surface area contributed by atoms with Gasteiger partial charge in [-0.3, -0.25) is 14.1 Å². The van der Waals surface area contributed by atoms with Gasteiger partial charge in [0.05, 0.1) is 0 Å². The third-order valence-electron chi connectivity index (χ3n) is 1.58. The first-order valence-electron chi connectivity index (χ1n) is 3.57. The van der Waals surface area contributed by atoms with Crippen LogP contribution in [-0.4, -0.2) is 40.4 Å². The molecule has 14 heavy (non-hydrogen) atoms. The molecular formula is C6H10O7S. The molecule has 82 valence electrons. The van der Waals surface area contributed by atoms with Crippen LogP contribution in [0.2, 0.25) is 0 Å². The number of rotatable bonds is 5. The van der Waals surface area contributed by atoms with E-state index in [4.69, 9.17) is 14.8 Å². The van der Waals surface area contributed by atoms with Crippen LogP contribution in [0.1, 0.15) is 13.3 Å². The number of aliphatic carboxylic acids is 2. The lowest BCUT2D eigenvalue weighted by Gasteiger charge is -2.14. The molecular weight excluding hydrogens is 216 g/mol. The summed E-state index contributed by atoms with van der Waals surface area (Å²) >= 11 is 0. The molecule has 0 saturated heterocycles. The molecule has 0 saturated carbocycles. The summed E-state index contributed by atoms with van der Waals surface area (Å²) in [5, 5.41) is 14.7. The van der Waals surface area contributed by atoms with Gasteiger partial charge in [0.25, 0.3) is 10.1 Å². The Morgan fingerprint density at radius 1 is 1.29 bits per heavy atom. The summed E-state index contributed by atoms with van der Waals surface area (Å²) in [6.07, 6.45) is -0.642. The number of carboxylic acid groups (broad SMARTS) is 2. The fourth-order valence-electron chi connectivity index (χ4n) is 1.05. The molecule has 0 aromatic rings. The quantitative estimate of drug-likeness (QED) is 0.535. The molecule has 0 rings (SSSR count). The van der Waals surface area contributed by atoms with E-state index >= 15 is 0 Å². The Hall–Kier alpha value is -1.15. The predicted molar refractivity (Wildman–Crippen MR) is 44.4 cm³/mol. The van der Waals surface area contributed by atoms with E-state index in [1.165, 1.54) is 0 Å². The average Bonchev–Trinajstić information content (AvgIpc) is 1.78. The zero-order valence-electron chi connectivity index (χ0n) is 7.24.